The summed E-state index contributed by atoms with van der Waals surface area (Å²) < 4.78 is 32.7. The minimum atomic E-state index is -0.539. The molecule has 0 bridgehead atoms. The summed E-state index contributed by atoms with van der Waals surface area (Å²) in [6, 6.07) is 11.7. The second-order valence-corrected chi connectivity index (χ2v) is 14.5. The van der Waals surface area contributed by atoms with E-state index in [2.05, 4.69) is 12.1 Å². The molecule has 0 atom stereocenters. The first-order chi connectivity index (χ1) is 26.7. The zero-order valence-corrected chi connectivity index (χ0v) is 32.4. The molecule has 0 radical (unpaired) electrons. The van der Waals surface area contributed by atoms with Crippen molar-refractivity contribution >= 4 is 30.5 Å². The zero-order chi connectivity index (χ0) is 39.3. The highest BCUT2D eigenvalue weighted by Crippen LogP contribution is 2.42. The molecule has 0 amide bonds. The van der Waals surface area contributed by atoms with E-state index in [0.717, 1.165) is 116 Å². The van der Waals surface area contributed by atoms with Gasteiger partial charge in [0.2, 0.25) is 0 Å². The number of carbonyl (C=O) groups is 5. The Bertz CT molecular complexity index is 1730. The standard InChI is InChI=1S/C44H52O11/c1-28-15-33(17-29-19-35(23-45)43(54-26-40(48)51-3)37(21-29)31-11-7-5-8-12-31)42(53-25-39(47)50-2)34(16-28)18-30-20-36(24-46)44(55-27-41(49)52-4)38(22-30)32-13-9-6-10-14-32/h15-16,19-24,31-32H,5-14,17-18,25-27H2,1-4H3. The van der Waals surface area contributed by atoms with Crippen LogP contribution in [0.5, 0.6) is 17.2 Å². The van der Waals surface area contributed by atoms with Crippen molar-refractivity contribution in [3.8, 4) is 17.2 Å². The molecule has 0 N–H and O–H groups in total. The lowest BCUT2D eigenvalue weighted by atomic mass is 9.81. The van der Waals surface area contributed by atoms with E-state index in [0.29, 0.717) is 41.2 Å². The Labute approximate surface area is 323 Å². The molecule has 2 saturated carbocycles. The van der Waals surface area contributed by atoms with Crippen LogP contribution < -0.4 is 14.2 Å². The molecule has 55 heavy (non-hydrogen) atoms. The van der Waals surface area contributed by atoms with Crippen molar-refractivity contribution in [1.82, 2.24) is 0 Å². The molecule has 0 saturated heterocycles. The van der Waals surface area contributed by atoms with Gasteiger partial charge in [-0.15, -0.1) is 0 Å². The van der Waals surface area contributed by atoms with Gasteiger partial charge in [0.15, 0.2) is 32.4 Å². The van der Waals surface area contributed by atoms with E-state index in [1.807, 2.05) is 19.1 Å². The van der Waals surface area contributed by atoms with Gasteiger partial charge in [0.05, 0.1) is 32.5 Å². The van der Waals surface area contributed by atoms with Gasteiger partial charge in [0.1, 0.15) is 17.2 Å². The van der Waals surface area contributed by atoms with Gasteiger partial charge in [0.25, 0.3) is 0 Å². The van der Waals surface area contributed by atoms with Crippen molar-refractivity contribution in [2.24, 2.45) is 0 Å². The molecular formula is C44H52O11. The van der Waals surface area contributed by atoms with Crippen molar-refractivity contribution < 1.29 is 52.4 Å². The van der Waals surface area contributed by atoms with Crippen LogP contribution in [0.25, 0.3) is 0 Å². The number of hydrogen-bond donors (Lipinski definition) is 0. The van der Waals surface area contributed by atoms with Crippen LogP contribution in [-0.4, -0.2) is 71.6 Å². The minimum absolute atomic E-state index is 0.160. The fraction of sp³-hybridized carbons (Fsp3) is 0.477. The smallest absolute Gasteiger partial charge is 0.343 e. The second-order valence-electron chi connectivity index (χ2n) is 14.5. The van der Waals surface area contributed by atoms with E-state index < -0.39 is 17.9 Å². The molecule has 3 aromatic rings. The number of methoxy groups -OCH3 is 3. The summed E-state index contributed by atoms with van der Waals surface area (Å²) >= 11 is 0. The number of aldehydes is 2. The largest absolute Gasteiger partial charge is 0.481 e. The molecule has 2 aliphatic rings. The van der Waals surface area contributed by atoms with Crippen LogP contribution in [0.15, 0.2) is 36.4 Å². The molecule has 11 nitrogen and oxygen atoms in total. The van der Waals surface area contributed by atoms with E-state index in [-0.39, 0.29) is 31.7 Å². The third kappa shape index (κ3) is 10.7. The number of benzene rings is 3. The van der Waals surface area contributed by atoms with Gasteiger partial charge in [-0.3, -0.25) is 9.59 Å². The Morgan fingerprint density at radius 3 is 1.25 bits per heavy atom. The van der Waals surface area contributed by atoms with Gasteiger partial charge in [-0.2, -0.15) is 0 Å². The van der Waals surface area contributed by atoms with Crippen molar-refractivity contribution in [3.05, 3.63) is 86.5 Å². The van der Waals surface area contributed by atoms with Gasteiger partial charge >= 0.3 is 17.9 Å². The second kappa shape index (κ2) is 19.9. The van der Waals surface area contributed by atoms with Gasteiger partial charge < -0.3 is 28.4 Å². The summed E-state index contributed by atoms with van der Waals surface area (Å²) in [5, 5.41) is 0. The van der Waals surface area contributed by atoms with Gasteiger partial charge in [-0.05, 0) is 90.0 Å². The maximum Gasteiger partial charge on any atom is 0.343 e. The van der Waals surface area contributed by atoms with Crippen LogP contribution in [0.1, 0.15) is 136 Å². The molecule has 2 aliphatic carbocycles. The average molecular weight is 757 g/mol. The highest BCUT2D eigenvalue weighted by atomic mass is 16.6. The number of carbonyl (C=O) groups excluding carboxylic acids is 5. The molecule has 0 heterocycles. The monoisotopic (exact) mass is 756 g/mol. The first kappa shape index (κ1) is 41.0. The number of hydrogen-bond acceptors (Lipinski definition) is 11. The lowest BCUT2D eigenvalue weighted by Gasteiger charge is -2.26. The zero-order valence-electron chi connectivity index (χ0n) is 32.4. The normalized spacial score (nSPS) is 14.8. The first-order valence-corrected chi connectivity index (χ1v) is 19.1. The molecule has 5 rings (SSSR count). The molecule has 3 aromatic carbocycles. The maximum atomic E-state index is 12.5. The fourth-order valence-electron chi connectivity index (χ4n) is 8.01. The lowest BCUT2D eigenvalue weighted by molar-refractivity contribution is -0.143. The highest BCUT2D eigenvalue weighted by Gasteiger charge is 2.26. The van der Waals surface area contributed by atoms with E-state index in [1.54, 1.807) is 12.1 Å². The minimum Gasteiger partial charge on any atom is -0.481 e. The topological polar surface area (TPSA) is 141 Å². The van der Waals surface area contributed by atoms with E-state index in [9.17, 15) is 24.0 Å². The first-order valence-electron chi connectivity index (χ1n) is 19.1. The Morgan fingerprint density at radius 1 is 0.545 bits per heavy atom. The van der Waals surface area contributed by atoms with Gasteiger partial charge in [-0.25, -0.2) is 14.4 Å². The van der Waals surface area contributed by atoms with Crippen LogP contribution in [0.3, 0.4) is 0 Å². The van der Waals surface area contributed by atoms with Crippen LogP contribution in [-0.2, 0) is 41.4 Å². The van der Waals surface area contributed by atoms with Crippen molar-refractivity contribution in [2.45, 2.75) is 95.8 Å². The number of ether oxygens (including phenoxy) is 6. The van der Waals surface area contributed by atoms with Crippen molar-refractivity contribution in [1.29, 1.82) is 0 Å². The van der Waals surface area contributed by atoms with Crippen LogP contribution in [0.4, 0.5) is 0 Å². The summed E-state index contributed by atoms with van der Waals surface area (Å²) in [6.45, 7) is 1.05. The predicted molar refractivity (Wildman–Crippen MR) is 205 cm³/mol. The summed E-state index contributed by atoms with van der Waals surface area (Å²) in [5.41, 5.74) is 6.72. The number of aryl methyl sites for hydroxylation is 1. The van der Waals surface area contributed by atoms with Crippen molar-refractivity contribution in [3.63, 3.8) is 0 Å². The van der Waals surface area contributed by atoms with Crippen molar-refractivity contribution in [2.75, 3.05) is 41.2 Å². The fourth-order valence-corrected chi connectivity index (χ4v) is 8.01. The lowest BCUT2D eigenvalue weighted by Crippen LogP contribution is -2.17. The molecule has 2 fully saturated rings. The predicted octanol–water partition coefficient (Wildman–Crippen LogP) is 7.55. The van der Waals surface area contributed by atoms with E-state index in [4.69, 9.17) is 28.4 Å². The third-order valence-electron chi connectivity index (χ3n) is 10.6. The summed E-state index contributed by atoms with van der Waals surface area (Å²) in [4.78, 5) is 61.6. The highest BCUT2D eigenvalue weighted by molar-refractivity contribution is 5.83. The Balaban J connectivity index is 1.58. The molecule has 294 valence electrons. The maximum absolute atomic E-state index is 12.5. The average Bonchev–Trinajstić information content (AvgIpc) is 3.21. The SMILES string of the molecule is COC(=O)COc1c(Cc2cc(C=O)c(OCC(=O)OC)c(C3CCCCC3)c2)cc(C)cc1Cc1cc(C=O)c(OCC(=O)OC)c(C2CCCCC2)c1. The number of rotatable bonds is 17. The molecule has 0 aromatic heterocycles. The van der Waals surface area contributed by atoms with E-state index in [1.165, 1.54) is 21.3 Å². The molecule has 0 aliphatic heterocycles. The Hall–Kier alpha value is -5.19. The molecular weight excluding hydrogens is 704 g/mol. The number of esters is 3. The molecule has 0 spiro atoms. The van der Waals surface area contributed by atoms with E-state index >= 15 is 0 Å². The van der Waals surface area contributed by atoms with Crippen LogP contribution in [0, 0.1) is 6.92 Å². The summed E-state index contributed by atoms with van der Waals surface area (Å²) in [5.74, 6) is 0.0218. The molecule has 0 unspecified atom stereocenters. The Kier molecular flexibility index (Phi) is 14.9. The molecule has 11 heteroatoms. The quantitative estimate of drug-likeness (QED) is 0.0766. The summed E-state index contributed by atoms with van der Waals surface area (Å²) in [6.07, 6.45) is 12.5. The van der Waals surface area contributed by atoms with Gasteiger partial charge in [0, 0.05) is 12.8 Å². The summed E-state index contributed by atoms with van der Waals surface area (Å²) in [7, 11) is 3.89. The third-order valence-corrected chi connectivity index (χ3v) is 10.6. The van der Waals surface area contributed by atoms with Crippen LogP contribution >= 0.6 is 0 Å². The van der Waals surface area contributed by atoms with Gasteiger partial charge in [-0.1, -0.05) is 68.4 Å². The Morgan fingerprint density at radius 2 is 0.909 bits per heavy atom. The van der Waals surface area contributed by atoms with Crippen LogP contribution in [0.2, 0.25) is 0 Å².